The molecule has 6 rings (SSSR count). The van der Waals surface area contributed by atoms with Crippen molar-refractivity contribution in [3.63, 3.8) is 0 Å². The Bertz CT molecular complexity index is 1290. The Balaban J connectivity index is 0.000000206. The van der Waals surface area contributed by atoms with Crippen molar-refractivity contribution in [1.82, 2.24) is 0 Å². The van der Waals surface area contributed by atoms with Gasteiger partial charge in [-0.05, 0) is 47.7 Å². The van der Waals surface area contributed by atoms with Crippen molar-refractivity contribution in [2.75, 3.05) is 0 Å². The molecular weight excluding hydrogens is 615 g/mol. The smallest absolute Gasteiger partial charge is 0.0689 e. The van der Waals surface area contributed by atoms with E-state index in [4.69, 9.17) is 15.3 Å². The zero-order valence-electron chi connectivity index (χ0n) is 23.2. The molecule has 7 heteroatoms. The molecule has 0 saturated heterocycles. The van der Waals surface area contributed by atoms with E-state index in [-0.39, 0.29) is 16.5 Å². The fourth-order valence-corrected chi connectivity index (χ4v) is 8.97. The molecule has 6 aromatic carbocycles. The molecule has 0 radical (unpaired) electrons. The molecule has 0 spiro atoms. The molecule has 0 aromatic heterocycles. The molecule has 0 amide bonds. The molecule has 0 aliphatic rings. The van der Waals surface area contributed by atoms with Crippen LogP contribution in [-0.2, 0) is 16.5 Å². The summed E-state index contributed by atoms with van der Waals surface area (Å²) in [5, 5.41) is 23.1. The SMILES string of the molecule is O=[N+]([O-])[O-].[Ni].c1ccc(P(c2ccccc2)c2ccccc2)cc1.c1ccc(P(c2ccccc2)c2ccccc2)cc1. The first-order valence-corrected chi connectivity index (χ1v) is 16.0. The predicted molar refractivity (Wildman–Crippen MR) is 181 cm³/mol. The van der Waals surface area contributed by atoms with Gasteiger partial charge in [-0.15, -0.1) is 0 Å². The van der Waals surface area contributed by atoms with Gasteiger partial charge >= 0.3 is 0 Å². The van der Waals surface area contributed by atoms with Crippen LogP contribution in [0.15, 0.2) is 182 Å². The van der Waals surface area contributed by atoms with E-state index in [2.05, 4.69) is 182 Å². The fraction of sp³-hybridized carbons (Fsp3) is 0. The molecule has 43 heavy (non-hydrogen) atoms. The van der Waals surface area contributed by atoms with Crippen molar-refractivity contribution < 1.29 is 21.6 Å². The maximum absolute atomic E-state index is 8.25. The summed E-state index contributed by atoms with van der Waals surface area (Å²) < 4.78 is 0. The van der Waals surface area contributed by atoms with Crippen LogP contribution in [0.4, 0.5) is 0 Å². The summed E-state index contributed by atoms with van der Waals surface area (Å²) in [4.78, 5) is 8.25. The molecular formula is C36H30NNiO3P2-. The van der Waals surface area contributed by atoms with Crippen LogP contribution < -0.4 is 31.8 Å². The summed E-state index contributed by atoms with van der Waals surface area (Å²) >= 11 is 0. The third-order valence-electron chi connectivity index (χ3n) is 6.09. The maximum Gasteiger partial charge on any atom is 0.0689 e. The third kappa shape index (κ3) is 10.6. The minimum Gasteiger partial charge on any atom is -0.356 e. The van der Waals surface area contributed by atoms with Crippen LogP contribution in [0.1, 0.15) is 0 Å². The van der Waals surface area contributed by atoms with Crippen LogP contribution in [-0.4, -0.2) is 5.09 Å². The maximum atomic E-state index is 8.25. The van der Waals surface area contributed by atoms with Crippen molar-refractivity contribution in [2.45, 2.75) is 0 Å². The Hall–Kier alpha value is -4.13. The minimum atomic E-state index is -1.75. The number of benzene rings is 6. The second-order valence-electron chi connectivity index (χ2n) is 8.91. The largest absolute Gasteiger partial charge is 0.356 e. The molecule has 6 aromatic rings. The second kappa shape index (κ2) is 18.4. The van der Waals surface area contributed by atoms with Crippen molar-refractivity contribution in [3.8, 4) is 0 Å². The first-order valence-electron chi connectivity index (χ1n) is 13.4. The zero-order valence-corrected chi connectivity index (χ0v) is 26.0. The van der Waals surface area contributed by atoms with Gasteiger partial charge in [0.1, 0.15) is 0 Å². The van der Waals surface area contributed by atoms with E-state index in [9.17, 15) is 0 Å². The van der Waals surface area contributed by atoms with E-state index in [0.29, 0.717) is 0 Å². The molecule has 0 aliphatic carbocycles. The second-order valence-corrected chi connectivity index (χ2v) is 13.3. The van der Waals surface area contributed by atoms with Gasteiger partial charge in [-0.1, -0.05) is 182 Å². The van der Waals surface area contributed by atoms with E-state index in [1.165, 1.54) is 31.8 Å². The summed E-state index contributed by atoms with van der Waals surface area (Å²) in [6.07, 6.45) is 0. The topological polar surface area (TPSA) is 66.2 Å². The van der Waals surface area contributed by atoms with Gasteiger partial charge < -0.3 is 15.3 Å². The summed E-state index contributed by atoms with van der Waals surface area (Å²) in [6, 6.07) is 64.7. The molecule has 0 atom stereocenters. The standard InChI is InChI=1S/2C18H15P.NO3.Ni/c2*1-4-10-16(11-5-1)19(17-12-6-2-7-13-17)18-14-8-3-9-15-18;2-1(3)4;/h2*1-15H;;/q;;-1;. The Morgan fingerprint density at radius 2 is 0.442 bits per heavy atom. The van der Waals surface area contributed by atoms with E-state index < -0.39 is 20.9 Å². The third-order valence-corrected chi connectivity index (χ3v) is 11.0. The molecule has 0 saturated carbocycles. The van der Waals surface area contributed by atoms with Crippen molar-refractivity contribution in [3.05, 3.63) is 197 Å². The van der Waals surface area contributed by atoms with Crippen LogP contribution in [0.5, 0.6) is 0 Å². The van der Waals surface area contributed by atoms with Crippen LogP contribution in [0.25, 0.3) is 0 Å². The average molecular weight is 645 g/mol. The zero-order chi connectivity index (χ0) is 29.4. The van der Waals surface area contributed by atoms with Gasteiger partial charge in [0.2, 0.25) is 0 Å². The molecule has 218 valence electrons. The molecule has 0 fully saturated rings. The van der Waals surface area contributed by atoms with Crippen molar-refractivity contribution in [1.29, 1.82) is 0 Å². The number of nitrogens with zero attached hydrogens (tertiary/aromatic N) is 1. The first-order chi connectivity index (χ1) is 20.6. The van der Waals surface area contributed by atoms with Gasteiger partial charge in [-0.2, -0.15) is 0 Å². The normalized spacial score (nSPS) is 9.91. The Labute approximate surface area is 265 Å². The molecule has 0 heterocycles. The Kier molecular flexibility index (Phi) is 14.3. The van der Waals surface area contributed by atoms with Gasteiger partial charge in [-0.25, -0.2) is 0 Å². The molecule has 4 nitrogen and oxygen atoms in total. The van der Waals surface area contributed by atoms with Crippen LogP contribution >= 0.6 is 15.8 Å². The molecule has 0 unspecified atom stereocenters. The van der Waals surface area contributed by atoms with Crippen LogP contribution in [0.3, 0.4) is 0 Å². The number of hydrogen-bond donors (Lipinski definition) is 0. The fourth-order valence-electron chi connectivity index (χ4n) is 4.36. The summed E-state index contributed by atoms with van der Waals surface area (Å²) in [5.74, 6) is 0. The van der Waals surface area contributed by atoms with Crippen LogP contribution in [0.2, 0.25) is 0 Å². The number of rotatable bonds is 6. The van der Waals surface area contributed by atoms with Crippen molar-refractivity contribution in [2.24, 2.45) is 0 Å². The number of hydrogen-bond acceptors (Lipinski definition) is 3. The van der Waals surface area contributed by atoms with Crippen LogP contribution in [0, 0.1) is 15.3 Å². The van der Waals surface area contributed by atoms with Crippen molar-refractivity contribution >= 4 is 47.7 Å². The molecule has 0 N–H and O–H groups in total. The average Bonchev–Trinajstić information content (AvgIpc) is 3.05. The summed E-state index contributed by atoms with van der Waals surface area (Å²) in [5.41, 5.74) is 0. The Morgan fingerprint density at radius 1 is 0.326 bits per heavy atom. The summed E-state index contributed by atoms with van der Waals surface area (Å²) in [6.45, 7) is 0. The van der Waals surface area contributed by atoms with Gasteiger partial charge in [0, 0.05) is 16.5 Å². The molecule has 0 aliphatic heterocycles. The van der Waals surface area contributed by atoms with E-state index >= 15 is 0 Å². The predicted octanol–water partition coefficient (Wildman–Crippen LogP) is 6.65. The summed E-state index contributed by atoms with van der Waals surface area (Å²) in [7, 11) is -0.892. The Morgan fingerprint density at radius 3 is 0.558 bits per heavy atom. The quantitative estimate of drug-likeness (QED) is 0.0883. The van der Waals surface area contributed by atoms with Gasteiger partial charge in [0.05, 0.1) is 5.09 Å². The van der Waals surface area contributed by atoms with Gasteiger partial charge in [-0.3, -0.25) is 0 Å². The first kappa shape index (κ1) is 33.4. The minimum absolute atomic E-state index is 0. The van der Waals surface area contributed by atoms with Gasteiger partial charge in [0.15, 0.2) is 0 Å². The monoisotopic (exact) mass is 644 g/mol. The van der Waals surface area contributed by atoms with E-state index in [1.54, 1.807) is 0 Å². The molecule has 0 bridgehead atoms. The van der Waals surface area contributed by atoms with E-state index in [1.807, 2.05) is 0 Å². The van der Waals surface area contributed by atoms with Gasteiger partial charge in [0.25, 0.3) is 0 Å². The van der Waals surface area contributed by atoms with E-state index in [0.717, 1.165) is 0 Å².